The highest BCUT2D eigenvalue weighted by atomic mass is 16.4. The normalized spacial score (nSPS) is 10.4. The van der Waals surface area contributed by atoms with Crippen molar-refractivity contribution in [2.75, 3.05) is 17.6 Å². The van der Waals surface area contributed by atoms with Gasteiger partial charge in [0.05, 0.1) is 5.56 Å². The summed E-state index contributed by atoms with van der Waals surface area (Å²) in [6.45, 7) is 3.36. The van der Waals surface area contributed by atoms with Crippen LogP contribution in [0.4, 0.5) is 11.4 Å². The maximum absolute atomic E-state index is 11.1. The summed E-state index contributed by atoms with van der Waals surface area (Å²) in [6, 6.07) is 5.31. The van der Waals surface area contributed by atoms with Crippen LogP contribution in [-0.4, -0.2) is 27.4 Å². The zero-order valence-electron chi connectivity index (χ0n) is 11.3. The molecule has 0 amide bonds. The van der Waals surface area contributed by atoms with E-state index in [-0.39, 0.29) is 5.56 Å². The third-order valence-electron chi connectivity index (χ3n) is 3.07. The van der Waals surface area contributed by atoms with E-state index in [2.05, 4.69) is 10.4 Å². The number of hydrogen-bond donors (Lipinski definition) is 3. The van der Waals surface area contributed by atoms with Gasteiger partial charge in [0.25, 0.3) is 0 Å². The molecule has 6 heteroatoms. The lowest BCUT2D eigenvalue weighted by Gasteiger charge is -2.11. The van der Waals surface area contributed by atoms with E-state index in [1.807, 2.05) is 23.0 Å². The van der Waals surface area contributed by atoms with Gasteiger partial charge in [-0.15, -0.1) is 0 Å². The highest BCUT2D eigenvalue weighted by molar-refractivity contribution is 5.95. The van der Waals surface area contributed by atoms with Crippen LogP contribution in [0.2, 0.25) is 0 Å². The van der Waals surface area contributed by atoms with E-state index >= 15 is 0 Å². The van der Waals surface area contributed by atoms with Gasteiger partial charge in [-0.1, -0.05) is 0 Å². The first-order valence-corrected chi connectivity index (χ1v) is 6.42. The summed E-state index contributed by atoms with van der Waals surface area (Å²) in [6.07, 6.45) is 4.55. The van der Waals surface area contributed by atoms with Gasteiger partial charge in [0.1, 0.15) is 0 Å². The van der Waals surface area contributed by atoms with Crippen LogP contribution in [0.3, 0.4) is 0 Å². The molecule has 0 aliphatic rings. The van der Waals surface area contributed by atoms with E-state index in [1.54, 1.807) is 19.2 Å². The quantitative estimate of drug-likeness (QED) is 0.553. The summed E-state index contributed by atoms with van der Waals surface area (Å²) in [4.78, 5) is 11.1. The third-order valence-corrected chi connectivity index (χ3v) is 3.07. The van der Waals surface area contributed by atoms with Crippen LogP contribution in [-0.2, 0) is 6.54 Å². The maximum Gasteiger partial charge on any atom is 0.337 e. The van der Waals surface area contributed by atoms with Gasteiger partial charge >= 0.3 is 5.97 Å². The smallest absolute Gasteiger partial charge is 0.337 e. The number of aromatic carboxylic acids is 1. The van der Waals surface area contributed by atoms with Gasteiger partial charge in [-0.05, 0) is 37.1 Å². The number of nitrogen functional groups attached to an aromatic ring is 1. The van der Waals surface area contributed by atoms with Gasteiger partial charge in [0.2, 0.25) is 0 Å². The average Bonchev–Trinajstić information content (AvgIpc) is 2.91. The van der Waals surface area contributed by atoms with Gasteiger partial charge in [-0.25, -0.2) is 4.79 Å². The molecule has 106 valence electrons. The standard InChI is InChI=1S/C14H18N4O2/c1-10-8-11(9-12(13(10)15)14(19)20)16-4-2-6-18-7-3-5-17-18/h3,5,7-9,16H,2,4,6,15H2,1H3,(H,19,20). The first-order valence-electron chi connectivity index (χ1n) is 6.42. The monoisotopic (exact) mass is 274 g/mol. The Morgan fingerprint density at radius 3 is 2.95 bits per heavy atom. The van der Waals surface area contributed by atoms with Crippen molar-refractivity contribution in [2.24, 2.45) is 0 Å². The van der Waals surface area contributed by atoms with Crippen LogP contribution in [0, 0.1) is 6.92 Å². The summed E-state index contributed by atoms with van der Waals surface area (Å²) >= 11 is 0. The van der Waals surface area contributed by atoms with Crippen LogP contribution in [0.1, 0.15) is 22.3 Å². The Morgan fingerprint density at radius 2 is 2.30 bits per heavy atom. The topological polar surface area (TPSA) is 93.2 Å². The zero-order chi connectivity index (χ0) is 14.5. The SMILES string of the molecule is Cc1cc(NCCCn2cccn2)cc(C(=O)O)c1N. The van der Waals surface area contributed by atoms with E-state index < -0.39 is 5.97 Å². The molecule has 20 heavy (non-hydrogen) atoms. The molecule has 4 N–H and O–H groups in total. The number of carboxylic acid groups (broad SMARTS) is 1. The molecule has 2 rings (SSSR count). The van der Waals surface area contributed by atoms with E-state index in [9.17, 15) is 4.79 Å². The molecular formula is C14H18N4O2. The summed E-state index contributed by atoms with van der Waals surface area (Å²) in [7, 11) is 0. The number of nitrogens with two attached hydrogens (primary N) is 1. The van der Waals surface area contributed by atoms with Crippen molar-refractivity contribution < 1.29 is 9.90 Å². The maximum atomic E-state index is 11.1. The minimum absolute atomic E-state index is 0.138. The lowest BCUT2D eigenvalue weighted by Crippen LogP contribution is -2.09. The number of anilines is 2. The molecule has 6 nitrogen and oxygen atoms in total. The second-order valence-corrected chi connectivity index (χ2v) is 4.61. The van der Waals surface area contributed by atoms with Crippen LogP contribution < -0.4 is 11.1 Å². The molecule has 0 aliphatic carbocycles. The summed E-state index contributed by atoms with van der Waals surface area (Å²) in [5, 5.41) is 16.4. The number of carboxylic acids is 1. The molecule has 0 bridgehead atoms. The van der Waals surface area contributed by atoms with Gasteiger partial charge in [0, 0.05) is 36.9 Å². The summed E-state index contributed by atoms with van der Waals surface area (Å²) in [5.74, 6) is -1.01. The number of aryl methyl sites for hydroxylation is 2. The molecular weight excluding hydrogens is 256 g/mol. The third kappa shape index (κ3) is 3.28. The van der Waals surface area contributed by atoms with Crippen molar-refractivity contribution in [3.63, 3.8) is 0 Å². The molecule has 0 spiro atoms. The van der Waals surface area contributed by atoms with Crippen LogP contribution in [0.25, 0.3) is 0 Å². The molecule has 0 saturated carbocycles. The Morgan fingerprint density at radius 1 is 1.50 bits per heavy atom. The van der Waals surface area contributed by atoms with Crippen molar-refractivity contribution in [3.8, 4) is 0 Å². The van der Waals surface area contributed by atoms with Crippen molar-refractivity contribution in [1.29, 1.82) is 0 Å². The molecule has 0 atom stereocenters. The summed E-state index contributed by atoms with van der Waals surface area (Å²) in [5.41, 5.74) is 7.74. The Labute approximate surface area is 117 Å². The molecule has 2 aromatic rings. The van der Waals surface area contributed by atoms with Crippen molar-refractivity contribution >= 4 is 17.3 Å². The van der Waals surface area contributed by atoms with E-state index in [0.29, 0.717) is 5.69 Å². The van der Waals surface area contributed by atoms with E-state index in [1.165, 1.54) is 0 Å². The largest absolute Gasteiger partial charge is 0.478 e. The minimum Gasteiger partial charge on any atom is -0.478 e. The van der Waals surface area contributed by atoms with E-state index in [4.69, 9.17) is 10.8 Å². The average molecular weight is 274 g/mol. The number of carbonyl (C=O) groups is 1. The highest BCUT2D eigenvalue weighted by Crippen LogP contribution is 2.22. The fourth-order valence-corrected chi connectivity index (χ4v) is 1.98. The fraction of sp³-hybridized carbons (Fsp3) is 0.286. The Bertz CT molecular complexity index is 593. The minimum atomic E-state index is -1.01. The van der Waals surface area contributed by atoms with Crippen molar-refractivity contribution in [3.05, 3.63) is 41.7 Å². The molecule has 1 aromatic carbocycles. The van der Waals surface area contributed by atoms with Gasteiger partial charge in [-0.3, -0.25) is 4.68 Å². The van der Waals surface area contributed by atoms with E-state index in [0.717, 1.165) is 30.8 Å². The van der Waals surface area contributed by atoms with Crippen LogP contribution in [0.15, 0.2) is 30.6 Å². The lowest BCUT2D eigenvalue weighted by atomic mass is 10.1. The predicted octanol–water partition coefficient (Wildman–Crippen LogP) is 1.97. The number of nitrogens with zero attached hydrogens (tertiary/aromatic N) is 2. The van der Waals surface area contributed by atoms with Crippen molar-refractivity contribution in [2.45, 2.75) is 19.9 Å². The van der Waals surface area contributed by atoms with Crippen LogP contribution in [0.5, 0.6) is 0 Å². The zero-order valence-corrected chi connectivity index (χ0v) is 11.3. The molecule has 0 radical (unpaired) electrons. The number of rotatable bonds is 6. The highest BCUT2D eigenvalue weighted by Gasteiger charge is 2.11. The first kappa shape index (κ1) is 13.9. The molecule has 0 fully saturated rings. The first-order chi connectivity index (χ1) is 9.58. The Hall–Kier alpha value is -2.50. The van der Waals surface area contributed by atoms with Gasteiger partial charge < -0.3 is 16.2 Å². The number of benzene rings is 1. The van der Waals surface area contributed by atoms with Crippen LogP contribution >= 0.6 is 0 Å². The second-order valence-electron chi connectivity index (χ2n) is 4.61. The Balaban J connectivity index is 1.94. The Kier molecular flexibility index (Phi) is 4.24. The molecule has 1 aromatic heterocycles. The molecule has 0 saturated heterocycles. The van der Waals surface area contributed by atoms with Crippen molar-refractivity contribution in [1.82, 2.24) is 9.78 Å². The predicted molar refractivity (Wildman–Crippen MR) is 77.9 cm³/mol. The second kappa shape index (κ2) is 6.10. The lowest BCUT2D eigenvalue weighted by molar-refractivity contribution is 0.0698. The molecule has 0 unspecified atom stereocenters. The fourth-order valence-electron chi connectivity index (χ4n) is 1.98. The molecule has 1 heterocycles. The summed E-state index contributed by atoms with van der Waals surface area (Å²) < 4.78 is 1.86. The molecule has 0 aliphatic heterocycles. The van der Waals surface area contributed by atoms with Gasteiger partial charge in [-0.2, -0.15) is 5.10 Å². The van der Waals surface area contributed by atoms with Gasteiger partial charge in [0.15, 0.2) is 0 Å². The number of nitrogens with one attached hydrogen (secondary N) is 1. The number of aromatic nitrogens is 2. The number of hydrogen-bond acceptors (Lipinski definition) is 4.